The molecule has 1 aromatic heterocycles. The first-order chi connectivity index (χ1) is 17.6. The summed E-state index contributed by atoms with van der Waals surface area (Å²) < 4.78 is 0. The van der Waals surface area contributed by atoms with Gasteiger partial charge in [-0.05, 0) is 30.9 Å². The largest absolute Gasteiger partial charge is 0.480 e. The van der Waals surface area contributed by atoms with Gasteiger partial charge in [0.05, 0.1) is 6.04 Å². The summed E-state index contributed by atoms with van der Waals surface area (Å²) >= 11 is 4.04. The second-order valence-electron chi connectivity index (χ2n) is 9.01. The van der Waals surface area contributed by atoms with Crippen LogP contribution in [0.2, 0.25) is 0 Å². The van der Waals surface area contributed by atoms with E-state index in [1.54, 1.807) is 6.20 Å². The van der Waals surface area contributed by atoms with E-state index in [1.165, 1.54) is 4.90 Å². The Morgan fingerprint density at radius 3 is 2.51 bits per heavy atom. The van der Waals surface area contributed by atoms with Crippen molar-refractivity contribution in [2.45, 2.75) is 56.3 Å². The summed E-state index contributed by atoms with van der Waals surface area (Å²) in [6, 6.07) is 3.14. The minimum atomic E-state index is -1.21. The lowest BCUT2D eigenvalue weighted by Crippen LogP contribution is -2.58. The van der Waals surface area contributed by atoms with Gasteiger partial charge < -0.3 is 37.1 Å². The van der Waals surface area contributed by atoms with Gasteiger partial charge in [-0.15, -0.1) is 0 Å². The summed E-state index contributed by atoms with van der Waals surface area (Å²) in [6.45, 7) is 0.213. The number of aromatic nitrogens is 1. The number of carbonyl (C=O) groups excluding carboxylic acids is 4. The molecule has 2 aromatic rings. The van der Waals surface area contributed by atoms with Crippen molar-refractivity contribution in [3.8, 4) is 0 Å². The summed E-state index contributed by atoms with van der Waals surface area (Å²) in [5.41, 5.74) is 12.7. The number of aliphatic carboxylic acids is 1. The van der Waals surface area contributed by atoms with Gasteiger partial charge in [-0.3, -0.25) is 19.2 Å². The smallest absolute Gasteiger partial charge is 0.326 e. The number of hydrogen-bond acceptors (Lipinski definition) is 7. The molecule has 1 saturated heterocycles. The van der Waals surface area contributed by atoms with Crippen LogP contribution in [0, 0.1) is 0 Å². The first-order valence-electron chi connectivity index (χ1n) is 12.0. The normalized spacial score (nSPS) is 17.7. The summed E-state index contributed by atoms with van der Waals surface area (Å²) in [5, 5.41) is 15.6. The van der Waals surface area contributed by atoms with E-state index < -0.39 is 53.8 Å². The molecular formula is C24H32N6O6S. The van der Waals surface area contributed by atoms with Gasteiger partial charge in [0.15, 0.2) is 0 Å². The molecule has 0 saturated carbocycles. The van der Waals surface area contributed by atoms with Crippen molar-refractivity contribution in [3.63, 3.8) is 0 Å². The summed E-state index contributed by atoms with van der Waals surface area (Å²) in [6.07, 6.45) is 2.28. The third kappa shape index (κ3) is 7.01. The third-order valence-corrected chi connectivity index (χ3v) is 6.77. The summed E-state index contributed by atoms with van der Waals surface area (Å²) in [4.78, 5) is 66.6. The quantitative estimate of drug-likeness (QED) is 0.175. The Morgan fingerprint density at radius 2 is 1.84 bits per heavy atom. The maximum atomic E-state index is 13.4. The number of nitrogens with one attached hydrogen (secondary N) is 3. The van der Waals surface area contributed by atoms with Crippen molar-refractivity contribution in [3.05, 3.63) is 36.0 Å². The van der Waals surface area contributed by atoms with E-state index in [1.807, 2.05) is 24.3 Å². The van der Waals surface area contributed by atoms with Crippen LogP contribution >= 0.6 is 12.6 Å². The molecule has 1 aliphatic rings. The average Bonchev–Trinajstić information content (AvgIpc) is 3.52. The third-order valence-electron chi connectivity index (χ3n) is 6.38. The minimum absolute atomic E-state index is 0.0541. The molecule has 8 N–H and O–H groups in total. The van der Waals surface area contributed by atoms with Crippen molar-refractivity contribution in [2.75, 3.05) is 12.3 Å². The summed E-state index contributed by atoms with van der Waals surface area (Å²) in [7, 11) is 0. The zero-order chi connectivity index (χ0) is 27.1. The van der Waals surface area contributed by atoms with E-state index in [-0.39, 0.29) is 31.6 Å². The van der Waals surface area contributed by atoms with Crippen LogP contribution in [0.1, 0.15) is 31.2 Å². The van der Waals surface area contributed by atoms with Gasteiger partial charge in [0, 0.05) is 42.2 Å². The number of para-hydroxylation sites is 1. The SMILES string of the molecule is NC(=O)CCC(NC(=O)C(Cc1c[nH]c2ccccc12)NC(=O)C(N)CS)C(=O)N1CCCC1C(=O)O. The number of carbonyl (C=O) groups is 5. The number of benzene rings is 1. The lowest BCUT2D eigenvalue weighted by molar-refractivity contribution is -0.149. The van der Waals surface area contributed by atoms with E-state index in [0.29, 0.717) is 12.8 Å². The number of nitrogens with zero attached hydrogens (tertiary/aromatic N) is 1. The fourth-order valence-corrected chi connectivity index (χ4v) is 4.56. The summed E-state index contributed by atoms with van der Waals surface area (Å²) in [5.74, 6) is -3.66. The number of fused-ring (bicyclic) bond motifs is 1. The molecule has 0 bridgehead atoms. The molecule has 0 radical (unpaired) electrons. The number of thiol groups is 1. The maximum absolute atomic E-state index is 13.4. The molecule has 2 heterocycles. The van der Waals surface area contributed by atoms with Crippen LogP contribution in [-0.4, -0.2) is 81.1 Å². The molecule has 13 heteroatoms. The second kappa shape index (κ2) is 12.6. The van der Waals surface area contributed by atoms with Crippen molar-refractivity contribution in [1.82, 2.24) is 20.5 Å². The predicted molar refractivity (Wildman–Crippen MR) is 138 cm³/mol. The van der Waals surface area contributed by atoms with Crippen LogP contribution in [0.25, 0.3) is 10.9 Å². The predicted octanol–water partition coefficient (Wildman–Crippen LogP) is -0.722. The van der Waals surface area contributed by atoms with Crippen molar-refractivity contribution < 1.29 is 29.1 Å². The van der Waals surface area contributed by atoms with Crippen LogP contribution in [0.4, 0.5) is 0 Å². The maximum Gasteiger partial charge on any atom is 0.326 e. The van der Waals surface area contributed by atoms with E-state index >= 15 is 0 Å². The molecule has 1 fully saturated rings. The number of rotatable bonds is 12. The monoisotopic (exact) mass is 532 g/mol. The Bertz CT molecular complexity index is 1170. The Morgan fingerprint density at radius 1 is 1.14 bits per heavy atom. The molecule has 4 unspecified atom stereocenters. The molecule has 12 nitrogen and oxygen atoms in total. The molecule has 4 amide bonds. The number of carboxylic acid groups (broad SMARTS) is 1. The van der Waals surface area contributed by atoms with Gasteiger partial charge in [-0.25, -0.2) is 4.79 Å². The fourth-order valence-electron chi connectivity index (χ4n) is 4.40. The van der Waals surface area contributed by atoms with Gasteiger partial charge in [-0.1, -0.05) is 18.2 Å². The lowest BCUT2D eigenvalue weighted by atomic mass is 10.0. The number of hydrogen-bond donors (Lipinski definition) is 7. The van der Waals surface area contributed by atoms with Crippen LogP contribution in [0.15, 0.2) is 30.5 Å². The Labute approximate surface area is 218 Å². The lowest BCUT2D eigenvalue weighted by Gasteiger charge is -2.29. The first-order valence-corrected chi connectivity index (χ1v) is 12.6. The van der Waals surface area contributed by atoms with Crippen molar-refractivity contribution in [2.24, 2.45) is 11.5 Å². The highest BCUT2D eigenvalue weighted by molar-refractivity contribution is 7.80. The molecule has 200 valence electrons. The van der Waals surface area contributed by atoms with Crippen LogP contribution in [0.5, 0.6) is 0 Å². The number of amides is 4. The Kier molecular flexibility index (Phi) is 9.53. The topological polar surface area (TPSA) is 201 Å². The highest BCUT2D eigenvalue weighted by Crippen LogP contribution is 2.21. The number of primary amides is 1. The molecule has 37 heavy (non-hydrogen) atoms. The van der Waals surface area contributed by atoms with Crippen LogP contribution in [0.3, 0.4) is 0 Å². The van der Waals surface area contributed by atoms with Gasteiger partial charge >= 0.3 is 5.97 Å². The van der Waals surface area contributed by atoms with E-state index in [4.69, 9.17) is 11.5 Å². The standard InChI is InChI=1S/C24H32N6O6S/c25-15(12-37)21(32)29-18(10-13-11-27-16-5-2-1-4-14(13)16)22(33)28-17(7-8-20(26)31)23(34)30-9-3-6-19(30)24(35)36/h1-2,4-5,11,15,17-19,27,37H,3,6-10,12,25H2,(H2,26,31)(H,28,33)(H,29,32)(H,35,36). The van der Waals surface area contributed by atoms with Gasteiger partial charge in [0.1, 0.15) is 18.1 Å². The van der Waals surface area contributed by atoms with E-state index in [9.17, 15) is 29.1 Å². The molecule has 1 aromatic carbocycles. The molecule has 0 spiro atoms. The molecule has 1 aliphatic heterocycles. The fraction of sp³-hybridized carbons (Fsp3) is 0.458. The zero-order valence-electron chi connectivity index (χ0n) is 20.2. The second-order valence-corrected chi connectivity index (χ2v) is 9.37. The number of carboxylic acids is 1. The average molecular weight is 533 g/mol. The first kappa shape index (κ1) is 28.0. The highest BCUT2D eigenvalue weighted by atomic mass is 32.1. The number of nitrogens with two attached hydrogens (primary N) is 2. The van der Waals surface area contributed by atoms with Crippen molar-refractivity contribution in [1.29, 1.82) is 0 Å². The zero-order valence-corrected chi connectivity index (χ0v) is 21.1. The number of likely N-dealkylation sites (tertiary alicyclic amines) is 1. The van der Waals surface area contributed by atoms with Gasteiger partial charge in [0.2, 0.25) is 23.6 Å². The van der Waals surface area contributed by atoms with Crippen LogP contribution < -0.4 is 22.1 Å². The molecule has 3 rings (SSSR count). The highest BCUT2D eigenvalue weighted by Gasteiger charge is 2.38. The molecular weight excluding hydrogens is 500 g/mol. The molecule has 4 atom stereocenters. The molecule has 0 aliphatic carbocycles. The minimum Gasteiger partial charge on any atom is -0.480 e. The van der Waals surface area contributed by atoms with E-state index in [2.05, 4.69) is 28.2 Å². The Balaban J connectivity index is 1.85. The number of aromatic amines is 1. The Hall–Kier alpha value is -3.58. The van der Waals surface area contributed by atoms with Gasteiger partial charge in [0.25, 0.3) is 0 Å². The van der Waals surface area contributed by atoms with Crippen LogP contribution in [-0.2, 0) is 30.4 Å². The van der Waals surface area contributed by atoms with Gasteiger partial charge in [-0.2, -0.15) is 12.6 Å². The number of H-pyrrole nitrogens is 1. The van der Waals surface area contributed by atoms with Crippen molar-refractivity contribution >= 4 is 53.1 Å². The van der Waals surface area contributed by atoms with E-state index in [0.717, 1.165) is 16.5 Å².